The fraction of sp³-hybridized carbons (Fsp3) is 0.500. The highest BCUT2D eigenvalue weighted by Gasteiger charge is 2.33. The van der Waals surface area contributed by atoms with Gasteiger partial charge >= 0.3 is 6.18 Å². The van der Waals surface area contributed by atoms with Crippen molar-refractivity contribution >= 4 is 11.6 Å². The Balaban J connectivity index is 2.96. The van der Waals surface area contributed by atoms with Crippen molar-refractivity contribution in [2.45, 2.75) is 25.2 Å². The Morgan fingerprint density at radius 3 is 2.44 bits per heavy atom. The molecule has 0 aliphatic rings. The molecular formula is C12H16ClF3N2. The van der Waals surface area contributed by atoms with Crippen LogP contribution in [0.3, 0.4) is 0 Å². The van der Waals surface area contributed by atoms with E-state index in [9.17, 15) is 13.2 Å². The van der Waals surface area contributed by atoms with E-state index >= 15 is 0 Å². The molecule has 0 bridgehead atoms. The predicted octanol–water partition coefficient (Wildman–Crippen LogP) is 3.22. The lowest BCUT2D eigenvalue weighted by Crippen LogP contribution is -2.41. The van der Waals surface area contributed by atoms with E-state index in [0.717, 1.165) is 0 Å². The highest BCUT2D eigenvalue weighted by atomic mass is 35.5. The molecule has 1 aromatic carbocycles. The highest BCUT2D eigenvalue weighted by molar-refractivity contribution is 6.30. The van der Waals surface area contributed by atoms with Gasteiger partial charge in [-0.1, -0.05) is 23.7 Å². The van der Waals surface area contributed by atoms with Gasteiger partial charge in [0.15, 0.2) is 0 Å². The number of hydrogen-bond donors (Lipinski definition) is 1. The van der Waals surface area contributed by atoms with E-state index in [1.54, 1.807) is 31.2 Å². The minimum Gasteiger partial charge on any atom is -0.326 e. The molecule has 0 fully saturated rings. The lowest BCUT2D eigenvalue weighted by molar-refractivity contribution is -0.148. The topological polar surface area (TPSA) is 29.3 Å². The maximum absolute atomic E-state index is 12.4. The Morgan fingerprint density at radius 2 is 2.00 bits per heavy atom. The molecule has 0 aliphatic carbocycles. The summed E-state index contributed by atoms with van der Waals surface area (Å²) in [6.45, 7) is 0.671. The fourth-order valence-corrected chi connectivity index (χ4v) is 2.23. The number of alkyl halides is 3. The highest BCUT2D eigenvalue weighted by Crippen LogP contribution is 2.27. The van der Waals surface area contributed by atoms with Crippen LogP contribution in [0.2, 0.25) is 5.02 Å². The predicted molar refractivity (Wildman–Crippen MR) is 66.5 cm³/mol. The van der Waals surface area contributed by atoms with E-state index < -0.39 is 24.8 Å². The van der Waals surface area contributed by atoms with Gasteiger partial charge in [-0.15, -0.1) is 0 Å². The Bertz CT molecular complexity index is 393. The van der Waals surface area contributed by atoms with E-state index in [1.165, 1.54) is 11.9 Å². The zero-order chi connectivity index (χ0) is 13.9. The van der Waals surface area contributed by atoms with E-state index in [2.05, 4.69) is 0 Å². The number of benzene rings is 1. The molecule has 0 amide bonds. The molecule has 0 saturated carbocycles. The van der Waals surface area contributed by atoms with E-state index in [-0.39, 0.29) is 0 Å². The Kier molecular flexibility index (Phi) is 5.01. The number of rotatable bonds is 4. The molecule has 0 spiro atoms. The lowest BCUT2D eigenvalue weighted by atomic mass is 9.99. The third-order valence-electron chi connectivity index (χ3n) is 2.59. The number of likely N-dealkylation sites (N-methyl/N-ethyl adjacent to an activating group) is 1. The van der Waals surface area contributed by atoms with E-state index in [1.807, 2.05) is 0 Å². The smallest absolute Gasteiger partial charge is 0.326 e. The molecule has 2 unspecified atom stereocenters. The molecule has 0 aromatic heterocycles. The molecule has 1 aromatic rings. The van der Waals surface area contributed by atoms with E-state index in [0.29, 0.717) is 10.6 Å². The van der Waals surface area contributed by atoms with Crippen molar-refractivity contribution in [2.24, 2.45) is 5.73 Å². The quantitative estimate of drug-likeness (QED) is 0.917. The minimum atomic E-state index is -4.25. The summed E-state index contributed by atoms with van der Waals surface area (Å²) in [5.41, 5.74) is 6.47. The molecule has 6 heteroatoms. The Labute approximate surface area is 110 Å². The van der Waals surface area contributed by atoms with Crippen LogP contribution >= 0.6 is 11.6 Å². The van der Waals surface area contributed by atoms with Gasteiger partial charge in [-0.05, 0) is 31.7 Å². The van der Waals surface area contributed by atoms with Crippen molar-refractivity contribution in [3.8, 4) is 0 Å². The Hall–Kier alpha value is -0.780. The Morgan fingerprint density at radius 1 is 1.39 bits per heavy atom. The van der Waals surface area contributed by atoms with E-state index in [4.69, 9.17) is 17.3 Å². The average molecular weight is 281 g/mol. The van der Waals surface area contributed by atoms with Gasteiger partial charge in [0.2, 0.25) is 0 Å². The van der Waals surface area contributed by atoms with Crippen LogP contribution in [0.5, 0.6) is 0 Å². The fourth-order valence-electron chi connectivity index (χ4n) is 2.03. The zero-order valence-electron chi connectivity index (χ0n) is 10.2. The monoisotopic (exact) mass is 280 g/mol. The van der Waals surface area contributed by atoms with Crippen molar-refractivity contribution in [2.75, 3.05) is 13.6 Å². The first-order chi connectivity index (χ1) is 8.20. The summed E-state index contributed by atoms with van der Waals surface area (Å²) in [5, 5.41) is 0.485. The van der Waals surface area contributed by atoms with Gasteiger partial charge in [0.05, 0.1) is 6.54 Å². The number of nitrogens with zero attached hydrogens (tertiary/aromatic N) is 1. The van der Waals surface area contributed by atoms with Gasteiger partial charge in [-0.2, -0.15) is 13.2 Å². The van der Waals surface area contributed by atoms with Crippen molar-refractivity contribution in [3.63, 3.8) is 0 Å². The number of nitrogens with two attached hydrogens (primary N) is 1. The molecule has 2 N–H and O–H groups in total. The SMILES string of the molecule is CC(N)C(c1cccc(Cl)c1)N(C)CC(F)(F)F. The van der Waals surface area contributed by atoms with Gasteiger partial charge in [-0.25, -0.2) is 0 Å². The van der Waals surface area contributed by atoms with Crippen molar-refractivity contribution in [1.29, 1.82) is 0 Å². The third-order valence-corrected chi connectivity index (χ3v) is 2.83. The maximum Gasteiger partial charge on any atom is 0.401 e. The second kappa shape index (κ2) is 5.91. The average Bonchev–Trinajstić information content (AvgIpc) is 2.13. The second-order valence-electron chi connectivity index (χ2n) is 4.39. The van der Waals surface area contributed by atoms with Crippen LogP contribution in [0.1, 0.15) is 18.5 Å². The second-order valence-corrected chi connectivity index (χ2v) is 4.83. The van der Waals surface area contributed by atoms with Gasteiger partial charge in [0.1, 0.15) is 0 Å². The normalized spacial score (nSPS) is 15.8. The first-order valence-corrected chi connectivity index (χ1v) is 5.86. The third kappa shape index (κ3) is 4.48. The van der Waals surface area contributed by atoms with Crippen LogP contribution in [0.15, 0.2) is 24.3 Å². The molecule has 102 valence electrons. The van der Waals surface area contributed by atoms with Crippen molar-refractivity contribution in [3.05, 3.63) is 34.9 Å². The lowest BCUT2D eigenvalue weighted by Gasteiger charge is -2.32. The summed E-state index contributed by atoms with van der Waals surface area (Å²) in [6, 6.07) is 5.79. The first kappa shape index (κ1) is 15.3. The standard InChI is InChI=1S/C12H16ClF3N2/c1-8(17)11(18(2)7-12(14,15)16)9-4-3-5-10(13)6-9/h3-6,8,11H,7,17H2,1-2H3. The molecule has 0 radical (unpaired) electrons. The molecule has 2 atom stereocenters. The summed E-state index contributed by atoms with van der Waals surface area (Å²) < 4.78 is 37.2. The van der Waals surface area contributed by atoms with Crippen LogP contribution in [0.25, 0.3) is 0 Å². The summed E-state index contributed by atoms with van der Waals surface area (Å²) >= 11 is 5.85. The molecule has 2 nitrogen and oxygen atoms in total. The summed E-state index contributed by atoms with van der Waals surface area (Å²) in [7, 11) is 1.41. The van der Waals surface area contributed by atoms with Gasteiger partial charge in [0, 0.05) is 17.1 Å². The van der Waals surface area contributed by atoms with Gasteiger partial charge in [-0.3, -0.25) is 4.90 Å². The summed E-state index contributed by atoms with van der Waals surface area (Å²) in [5.74, 6) is 0. The van der Waals surface area contributed by atoms with Crippen LogP contribution in [0, 0.1) is 0 Å². The largest absolute Gasteiger partial charge is 0.401 e. The zero-order valence-corrected chi connectivity index (χ0v) is 11.0. The molecule has 18 heavy (non-hydrogen) atoms. The summed E-state index contributed by atoms with van der Waals surface area (Å²) in [6.07, 6.45) is -4.25. The van der Waals surface area contributed by atoms with Crippen LogP contribution in [-0.2, 0) is 0 Å². The van der Waals surface area contributed by atoms with Crippen molar-refractivity contribution in [1.82, 2.24) is 4.90 Å². The van der Waals surface area contributed by atoms with Crippen LogP contribution < -0.4 is 5.73 Å². The molecule has 0 heterocycles. The van der Waals surface area contributed by atoms with Crippen molar-refractivity contribution < 1.29 is 13.2 Å². The molecule has 1 rings (SSSR count). The summed E-state index contributed by atoms with van der Waals surface area (Å²) in [4.78, 5) is 1.19. The van der Waals surface area contributed by atoms with Gasteiger partial charge in [0.25, 0.3) is 0 Å². The first-order valence-electron chi connectivity index (χ1n) is 5.49. The number of hydrogen-bond acceptors (Lipinski definition) is 2. The maximum atomic E-state index is 12.4. The molecule has 0 saturated heterocycles. The molecule has 0 aliphatic heterocycles. The minimum absolute atomic E-state index is 0.434. The molecular weight excluding hydrogens is 265 g/mol. The van der Waals surface area contributed by atoms with Gasteiger partial charge < -0.3 is 5.73 Å². The van der Waals surface area contributed by atoms with Crippen LogP contribution in [-0.4, -0.2) is 30.7 Å². The van der Waals surface area contributed by atoms with Crippen LogP contribution in [0.4, 0.5) is 13.2 Å². The number of halogens is 4.